The smallest absolute Gasteiger partial charge is 0.275 e. The fraction of sp³-hybridized carbons (Fsp3) is 0.143. The predicted molar refractivity (Wildman–Crippen MR) is 104 cm³/mol. The molecule has 0 aliphatic heterocycles. The first kappa shape index (κ1) is 18.4. The molecule has 1 aliphatic rings. The first-order chi connectivity index (χ1) is 13.1. The SMILES string of the molecule is COC1(C=NNC(=O)c2ccccc2O)CC(c2ccccc2)=CC=C1O. The lowest BCUT2D eigenvalue weighted by Crippen LogP contribution is -2.38. The molecule has 0 bridgehead atoms. The zero-order valence-corrected chi connectivity index (χ0v) is 14.8. The summed E-state index contributed by atoms with van der Waals surface area (Å²) < 4.78 is 5.54. The maximum atomic E-state index is 12.2. The Hall–Kier alpha value is -3.38. The van der Waals surface area contributed by atoms with E-state index in [9.17, 15) is 15.0 Å². The van der Waals surface area contributed by atoms with Gasteiger partial charge in [-0.1, -0.05) is 48.5 Å². The molecule has 3 N–H and O–H groups in total. The molecule has 0 aromatic heterocycles. The van der Waals surface area contributed by atoms with Crippen LogP contribution in [0.1, 0.15) is 22.3 Å². The van der Waals surface area contributed by atoms with Gasteiger partial charge < -0.3 is 14.9 Å². The van der Waals surface area contributed by atoms with Crippen LogP contribution in [-0.4, -0.2) is 35.0 Å². The fourth-order valence-corrected chi connectivity index (χ4v) is 2.87. The van der Waals surface area contributed by atoms with Crippen LogP contribution in [-0.2, 0) is 4.74 Å². The van der Waals surface area contributed by atoms with Gasteiger partial charge in [0.25, 0.3) is 5.91 Å². The number of methoxy groups -OCH3 is 1. The van der Waals surface area contributed by atoms with Crippen molar-refractivity contribution in [3.63, 3.8) is 0 Å². The first-order valence-electron chi connectivity index (χ1n) is 8.39. The summed E-state index contributed by atoms with van der Waals surface area (Å²) in [7, 11) is 1.47. The monoisotopic (exact) mass is 364 g/mol. The third-order valence-corrected chi connectivity index (χ3v) is 4.43. The number of hydrazone groups is 1. The second-order valence-corrected chi connectivity index (χ2v) is 6.10. The number of hydrogen-bond donors (Lipinski definition) is 3. The molecule has 1 amide bonds. The van der Waals surface area contributed by atoms with E-state index in [1.807, 2.05) is 36.4 Å². The van der Waals surface area contributed by atoms with Crippen molar-refractivity contribution < 1.29 is 19.7 Å². The molecule has 138 valence electrons. The van der Waals surface area contributed by atoms with Crippen LogP contribution in [0.15, 0.2) is 77.6 Å². The number of nitrogens with one attached hydrogen (secondary N) is 1. The number of carbonyl (C=O) groups is 1. The van der Waals surface area contributed by atoms with Gasteiger partial charge in [0, 0.05) is 13.5 Å². The Labute approximate surface area is 157 Å². The highest BCUT2D eigenvalue weighted by molar-refractivity contribution is 5.97. The number of nitrogens with zero attached hydrogens (tertiary/aromatic N) is 1. The topological polar surface area (TPSA) is 91.2 Å². The molecular formula is C21H20N2O4. The van der Waals surface area contributed by atoms with Crippen molar-refractivity contribution in [3.8, 4) is 5.75 Å². The van der Waals surface area contributed by atoms with Gasteiger partial charge in [-0.05, 0) is 29.3 Å². The lowest BCUT2D eigenvalue weighted by Gasteiger charge is -2.31. The van der Waals surface area contributed by atoms with Gasteiger partial charge in [0.15, 0.2) is 5.60 Å². The van der Waals surface area contributed by atoms with E-state index in [0.717, 1.165) is 11.1 Å². The van der Waals surface area contributed by atoms with E-state index in [4.69, 9.17) is 4.74 Å². The molecule has 1 unspecified atom stereocenters. The van der Waals surface area contributed by atoms with E-state index in [2.05, 4.69) is 10.5 Å². The van der Waals surface area contributed by atoms with E-state index in [-0.39, 0.29) is 17.1 Å². The summed E-state index contributed by atoms with van der Waals surface area (Å²) in [6, 6.07) is 15.9. The maximum absolute atomic E-state index is 12.2. The van der Waals surface area contributed by atoms with Crippen LogP contribution in [0.3, 0.4) is 0 Å². The minimum absolute atomic E-state index is 0.00904. The molecule has 1 atom stereocenters. The van der Waals surface area contributed by atoms with E-state index in [0.29, 0.717) is 6.42 Å². The number of carbonyl (C=O) groups excluding carboxylic acids is 1. The number of aromatic hydroxyl groups is 1. The molecule has 6 heteroatoms. The van der Waals surface area contributed by atoms with Gasteiger partial charge in [0.05, 0.1) is 11.8 Å². The molecule has 0 heterocycles. The quantitative estimate of drug-likeness (QED) is 0.560. The average molecular weight is 364 g/mol. The van der Waals surface area contributed by atoms with Crippen LogP contribution >= 0.6 is 0 Å². The van der Waals surface area contributed by atoms with Gasteiger partial charge in [0.2, 0.25) is 0 Å². The highest BCUT2D eigenvalue weighted by Gasteiger charge is 2.36. The van der Waals surface area contributed by atoms with E-state index < -0.39 is 11.5 Å². The molecule has 2 aromatic carbocycles. The van der Waals surface area contributed by atoms with Crippen molar-refractivity contribution >= 4 is 17.7 Å². The van der Waals surface area contributed by atoms with E-state index in [1.54, 1.807) is 18.2 Å². The Bertz CT molecular complexity index is 919. The minimum atomic E-state index is -1.19. The van der Waals surface area contributed by atoms with Crippen LogP contribution in [0.5, 0.6) is 5.75 Å². The molecule has 0 spiro atoms. The standard InChI is InChI=1S/C21H20N2O4/c1-27-21(14-22-23-20(26)17-9-5-6-10-18(17)24)13-16(11-12-19(21)25)15-7-3-2-4-8-15/h2-12,14,24-25H,13H2,1H3,(H,23,26). The summed E-state index contributed by atoms with van der Waals surface area (Å²) in [4.78, 5) is 12.2. The summed E-state index contributed by atoms with van der Waals surface area (Å²) in [6.45, 7) is 0. The summed E-state index contributed by atoms with van der Waals surface area (Å²) in [5, 5.41) is 24.0. The number of hydrogen-bond acceptors (Lipinski definition) is 5. The molecule has 6 nitrogen and oxygen atoms in total. The number of allylic oxidation sites excluding steroid dienone is 2. The largest absolute Gasteiger partial charge is 0.509 e. The zero-order valence-electron chi connectivity index (χ0n) is 14.8. The minimum Gasteiger partial charge on any atom is -0.509 e. The number of phenols is 1. The number of aliphatic hydroxyl groups is 1. The Morgan fingerprint density at radius 3 is 2.52 bits per heavy atom. The number of benzene rings is 2. The highest BCUT2D eigenvalue weighted by Crippen LogP contribution is 2.34. The third kappa shape index (κ3) is 3.91. The number of phenolic OH excluding ortho intramolecular Hbond substituents is 1. The van der Waals surface area contributed by atoms with Gasteiger partial charge in [0.1, 0.15) is 11.5 Å². The van der Waals surface area contributed by atoms with Gasteiger partial charge in [-0.2, -0.15) is 5.10 Å². The van der Waals surface area contributed by atoms with Gasteiger partial charge in [-0.25, -0.2) is 5.43 Å². The van der Waals surface area contributed by atoms with E-state index in [1.165, 1.54) is 25.5 Å². The lowest BCUT2D eigenvalue weighted by molar-refractivity contribution is 0.0516. The molecule has 0 radical (unpaired) electrons. The van der Waals surface area contributed by atoms with Crippen molar-refractivity contribution in [2.45, 2.75) is 12.0 Å². The van der Waals surface area contributed by atoms with Crippen molar-refractivity contribution in [3.05, 3.63) is 83.6 Å². The van der Waals surface area contributed by atoms with Crippen molar-refractivity contribution in [1.82, 2.24) is 5.43 Å². The van der Waals surface area contributed by atoms with Gasteiger partial charge in [-0.3, -0.25) is 4.79 Å². The molecular weight excluding hydrogens is 344 g/mol. The second-order valence-electron chi connectivity index (χ2n) is 6.10. The zero-order chi connectivity index (χ0) is 19.3. The predicted octanol–water partition coefficient (Wildman–Crippen LogP) is 3.42. The maximum Gasteiger partial charge on any atom is 0.275 e. The van der Waals surface area contributed by atoms with Crippen LogP contribution < -0.4 is 5.43 Å². The molecule has 1 aliphatic carbocycles. The number of ether oxygens (including phenoxy) is 1. The third-order valence-electron chi connectivity index (χ3n) is 4.43. The summed E-state index contributed by atoms with van der Waals surface area (Å²) in [5.41, 5.74) is 3.25. The Morgan fingerprint density at radius 1 is 1.11 bits per heavy atom. The lowest BCUT2D eigenvalue weighted by atomic mass is 9.85. The van der Waals surface area contributed by atoms with Crippen LogP contribution in [0.25, 0.3) is 5.57 Å². The highest BCUT2D eigenvalue weighted by atomic mass is 16.5. The van der Waals surface area contributed by atoms with Crippen molar-refractivity contribution in [2.24, 2.45) is 5.10 Å². The summed E-state index contributed by atoms with van der Waals surface area (Å²) >= 11 is 0. The Balaban J connectivity index is 1.78. The number of rotatable bonds is 5. The Kier molecular flexibility index (Phi) is 5.38. The molecule has 0 saturated carbocycles. The van der Waals surface area contributed by atoms with Crippen LogP contribution in [0.2, 0.25) is 0 Å². The van der Waals surface area contributed by atoms with Crippen molar-refractivity contribution in [1.29, 1.82) is 0 Å². The summed E-state index contributed by atoms with van der Waals surface area (Å²) in [5.74, 6) is -0.708. The Morgan fingerprint density at radius 2 is 1.81 bits per heavy atom. The average Bonchev–Trinajstić information content (AvgIpc) is 2.70. The number of aliphatic hydroxyl groups excluding tert-OH is 1. The van der Waals surface area contributed by atoms with Gasteiger partial charge >= 0.3 is 0 Å². The molecule has 2 aromatic rings. The molecule has 3 rings (SSSR count). The fourth-order valence-electron chi connectivity index (χ4n) is 2.87. The first-order valence-corrected chi connectivity index (χ1v) is 8.39. The molecule has 0 fully saturated rings. The summed E-state index contributed by atoms with van der Waals surface area (Å²) in [6.07, 6.45) is 5.10. The number of para-hydroxylation sites is 1. The second kappa shape index (κ2) is 7.88. The van der Waals surface area contributed by atoms with Crippen LogP contribution in [0.4, 0.5) is 0 Å². The van der Waals surface area contributed by atoms with Crippen LogP contribution in [0, 0.1) is 0 Å². The number of amides is 1. The van der Waals surface area contributed by atoms with E-state index >= 15 is 0 Å². The van der Waals surface area contributed by atoms with Gasteiger partial charge in [-0.15, -0.1) is 0 Å². The molecule has 27 heavy (non-hydrogen) atoms. The molecule has 0 saturated heterocycles. The normalized spacial score (nSPS) is 19.4. The van der Waals surface area contributed by atoms with Crippen molar-refractivity contribution in [2.75, 3.05) is 7.11 Å².